The van der Waals surface area contributed by atoms with Gasteiger partial charge in [0.2, 0.25) is 0 Å². The second-order valence-electron chi connectivity index (χ2n) is 3.02. The molecule has 0 radical (unpaired) electrons. The average molecular weight is 213 g/mol. The van der Waals surface area contributed by atoms with E-state index in [4.69, 9.17) is 10.4 Å². The first kappa shape index (κ1) is 13.2. The largest absolute Gasteiger partial charge is 0.480 e. The second-order valence-corrected chi connectivity index (χ2v) is 3.02. The van der Waals surface area contributed by atoms with Gasteiger partial charge in [-0.05, 0) is 6.92 Å². The Labute approximate surface area is 88.7 Å². The van der Waals surface area contributed by atoms with E-state index in [0.29, 0.717) is 13.1 Å². The molecule has 0 aliphatic rings. The van der Waals surface area contributed by atoms with Gasteiger partial charge >= 0.3 is 12.0 Å². The molecule has 0 fully saturated rings. The van der Waals surface area contributed by atoms with Crippen LogP contribution in [-0.4, -0.2) is 53.6 Å². The van der Waals surface area contributed by atoms with Crippen molar-refractivity contribution < 1.29 is 14.7 Å². The summed E-state index contributed by atoms with van der Waals surface area (Å²) in [6.07, 6.45) is 0.243. The van der Waals surface area contributed by atoms with Gasteiger partial charge in [-0.3, -0.25) is 4.79 Å². The van der Waals surface area contributed by atoms with Crippen molar-refractivity contribution in [3.8, 4) is 6.07 Å². The third kappa shape index (κ3) is 4.86. The van der Waals surface area contributed by atoms with Crippen molar-refractivity contribution in [1.29, 1.82) is 5.26 Å². The minimum absolute atomic E-state index is 0.243. The first-order valence-corrected chi connectivity index (χ1v) is 4.61. The quantitative estimate of drug-likeness (QED) is 0.714. The van der Waals surface area contributed by atoms with Crippen LogP contribution in [0.15, 0.2) is 0 Å². The van der Waals surface area contributed by atoms with Gasteiger partial charge in [-0.1, -0.05) is 0 Å². The van der Waals surface area contributed by atoms with Crippen molar-refractivity contribution >= 4 is 12.0 Å². The zero-order chi connectivity index (χ0) is 11.8. The minimum Gasteiger partial charge on any atom is -0.480 e. The van der Waals surface area contributed by atoms with Crippen LogP contribution in [0.1, 0.15) is 13.3 Å². The first-order valence-electron chi connectivity index (χ1n) is 4.61. The zero-order valence-electron chi connectivity index (χ0n) is 8.93. The highest BCUT2D eigenvalue weighted by molar-refractivity contribution is 5.79. The van der Waals surface area contributed by atoms with E-state index in [2.05, 4.69) is 0 Å². The Bertz CT molecular complexity index is 272. The van der Waals surface area contributed by atoms with Gasteiger partial charge in [0.05, 0.1) is 12.5 Å². The molecule has 0 bridgehead atoms. The van der Waals surface area contributed by atoms with Crippen molar-refractivity contribution in [2.45, 2.75) is 13.3 Å². The summed E-state index contributed by atoms with van der Waals surface area (Å²) in [4.78, 5) is 24.6. The molecular weight excluding hydrogens is 198 g/mol. The van der Waals surface area contributed by atoms with Gasteiger partial charge in [0.1, 0.15) is 6.54 Å². The fourth-order valence-electron chi connectivity index (χ4n) is 1.03. The number of carboxylic acid groups (broad SMARTS) is 1. The summed E-state index contributed by atoms with van der Waals surface area (Å²) < 4.78 is 0. The first-order chi connectivity index (χ1) is 7.02. The van der Waals surface area contributed by atoms with E-state index in [1.165, 1.54) is 9.80 Å². The molecule has 0 heterocycles. The predicted octanol–water partition coefficient (Wildman–Crippen LogP) is 0.358. The molecule has 0 saturated carbocycles. The van der Waals surface area contributed by atoms with Crippen LogP contribution in [-0.2, 0) is 4.79 Å². The van der Waals surface area contributed by atoms with Crippen molar-refractivity contribution in [3.63, 3.8) is 0 Å². The highest BCUT2D eigenvalue weighted by atomic mass is 16.4. The molecule has 0 spiro atoms. The van der Waals surface area contributed by atoms with Crippen LogP contribution in [0, 0.1) is 11.3 Å². The fraction of sp³-hybridized carbons (Fsp3) is 0.667. The highest BCUT2D eigenvalue weighted by Gasteiger charge is 2.18. The Balaban J connectivity index is 4.25. The van der Waals surface area contributed by atoms with Crippen molar-refractivity contribution in [3.05, 3.63) is 0 Å². The number of nitriles is 1. The molecule has 6 nitrogen and oxygen atoms in total. The Morgan fingerprint density at radius 3 is 2.47 bits per heavy atom. The monoisotopic (exact) mass is 213 g/mol. The molecule has 0 aliphatic carbocycles. The van der Waals surface area contributed by atoms with E-state index in [1.54, 1.807) is 14.0 Å². The average Bonchev–Trinajstić information content (AvgIpc) is 2.21. The minimum atomic E-state index is -1.04. The molecule has 6 heteroatoms. The molecular formula is C9H15N3O3. The van der Waals surface area contributed by atoms with Crippen LogP contribution < -0.4 is 0 Å². The van der Waals surface area contributed by atoms with Gasteiger partial charge < -0.3 is 14.9 Å². The lowest BCUT2D eigenvalue weighted by molar-refractivity contribution is -0.137. The molecule has 0 aromatic heterocycles. The molecule has 84 valence electrons. The predicted molar refractivity (Wildman–Crippen MR) is 53.1 cm³/mol. The van der Waals surface area contributed by atoms with Crippen molar-refractivity contribution in [1.82, 2.24) is 9.80 Å². The molecule has 0 aliphatic heterocycles. The Morgan fingerprint density at radius 1 is 1.47 bits per heavy atom. The maximum absolute atomic E-state index is 11.6. The van der Waals surface area contributed by atoms with Crippen LogP contribution in [0.5, 0.6) is 0 Å². The van der Waals surface area contributed by atoms with Crippen LogP contribution in [0.2, 0.25) is 0 Å². The van der Waals surface area contributed by atoms with Crippen molar-refractivity contribution in [2.75, 3.05) is 26.7 Å². The standard InChI is InChI=1S/C9H15N3O3/c1-3-12(7-8(13)14)9(15)11(2)6-4-5-10/h3-4,6-7H2,1-2H3,(H,13,14). The maximum Gasteiger partial charge on any atom is 0.323 e. The summed E-state index contributed by atoms with van der Waals surface area (Å²) in [6.45, 7) is 2.04. The van der Waals surface area contributed by atoms with E-state index < -0.39 is 5.97 Å². The Morgan fingerprint density at radius 2 is 2.07 bits per heavy atom. The lowest BCUT2D eigenvalue weighted by Crippen LogP contribution is -2.43. The molecule has 0 rings (SSSR count). The van der Waals surface area contributed by atoms with Gasteiger partial charge in [0.25, 0.3) is 0 Å². The number of hydrogen-bond donors (Lipinski definition) is 1. The topological polar surface area (TPSA) is 84.6 Å². The molecule has 15 heavy (non-hydrogen) atoms. The lowest BCUT2D eigenvalue weighted by atomic mass is 10.4. The summed E-state index contributed by atoms with van der Waals surface area (Å²) in [5.74, 6) is -1.04. The van der Waals surface area contributed by atoms with E-state index in [0.717, 1.165) is 0 Å². The molecule has 2 amide bonds. The molecule has 0 aromatic rings. The molecule has 1 N–H and O–H groups in total. The van der Waals surface area contributed by atoms with E-state index in [9.17, 15) is 9.59 Å². The van der Waals surface area contributed by atoms with Crippen LogP contribution in [0.3, 0.4) is 0 Å². The van der Waals surface area contributed by atoms with E-state index >= 15 is 0 Å². The molecule has 0 aromatic carbocycles. The van der Waals surface area contributed by atoms with Crippen LogP contribution >= 0.6 is 0 Å². The van der Waals surface area contributed by atoms with Gasteiger partial charge in [0, 0.05) is 20.1 Å². The van der Waals surface area contributed by atoms with Gasteiger partial charge in [0.15, 0.2) is 0 Å². The number of carbonyl (C=O) groups is 2. The van der Waals surface area contributed by atoms with Gasteiger partial charge in [-0.25, -0.2) is 4.79 Å². The summed E-state index contributed by atoms with van der Waals surface area (Å²) >= 11 is 0. The molecule has 0 unspecified atom stereocenters. The maximum atomic E-state index is 11.6. The Kier molecular flexibility index (Phi) is 5.86. The molecule has 0 atom stereocenters. The number of rotatable bonds is 5. The summed E-state index contributed by atoms with van der Waals surface area (Å²) in [7, 11) is 1.55. The van der Waals surface area contributed by atoms with E-state index in [1.807, 2.05) is 6.07 Å². The number of likely N-dealkylation sites (N-methyl/N-ethyl adjacent to an activating group) is 1. The van der Waals surface area contributed by atoms with Crippen LogP contribution in [0.25, 0.3) is 0 Å². The number of hydrogen-bond acceptors (Lipinski definition) is 3. The summed E-state index contributed by atoms with van der Waals surface area (Å²) in [5.41, 5.74) is 0. The third-order valence-electron chi connectivity index (χ3n) is 1.86. The molecule has 0 saturated heterocycles. The number of aliphatic carboxylic acids is 1. The second kappa shape index (κ2) is 6.65. The third-order valence-corrected chi connectivity index (χ3v) is 1.86. The number of carboxylic acids is 1. The van der Waals surface area contributed by atoms with Gasteiger partial charge in [-0.2, -0.15) is 5.26 Å². The summed E-state index contributed by atoms with van der Waals surface area (Å²) in [5, 5.41) is 16.9. The fourth-order valence-corrected chi connectivity index (χ4v) is 1.03. The SMILES string of the molecule is CCN(CC(=O)O)C(=O)N(C)CCC#N. The van der Waals surface area contributed by atoms with Crippen molar-refractivity contribution in [2.24, 2.45) is 0 Å². The number of urea groups is 1. The highest BCUT2D eigenvalue weighted by Crippen LogP contribution is 1.97. The van der Waals surface area contributed by atoms with Gasteiger partial charge in [-0.15, -0.1) is 0 Å². The van der Waals surface area contributed by atoms with Crippen LogP contribution in [0.4, 0.5) is 4.79 Å². The smallest absolute Gasteiger partial charge is 0.323 e. The zero-order valence-corrected chi connectivity index (χ0v) is 8.93. The normalized spacial score (nSPS) is 9.13. The Hall–Kier alpha value is -1.77. The lowest BCUT2D eigenvalue weighted by Gasteiger charge is -2.25. The number of nitrogens with zero attached hydrogens (tertiary/aromatic N) is 3. The van der Waals surface area contributed by atoms with E-state index in [-0.39, 0.29) is 19.0 Å². The summed E-state index contributed by atoms with van der Waals surface area (Å²) in [6, 6.07) is 1.56. The number of amides is 2. The number of carbonyl (C=O) groups excluding carboxylic acids is 1.